The number of aromatic nitrogens is 1. The fraction of sp³-hybridized carbons (Fsp3) is 0.478. The minimum absolute atomic E-state index is 0.0173. The summed E-state index contributed by atoms with van der Waals surface area (Å²) in [5, 5.41) is 3.47. The topological polar surface area (TPSA) is 63.7 Å². The summed E-state index contributed by atoms with van der Waals surface area (Å²) in [6.45, 7) is 9.08. The van der Waals surface area contributed by atoms with Crippen molar-refractivity contribution < 1.29 is 14.3 Å². The normalized spacial score (nSPS) is 18.8. The molecule has 0 aliphatic carbocycles. The Kier molecular flexibility index (Phi) is 5.32. The van der Waals surface area contributed by atoms with Gasteiger partial charge < -0.3 is 19.7 Å². The third kappa shape index (κ3) is 4.28. The molecule has 29 heavy (non-hydrogen) atoms. The summed E-state index contributed by atoms with van der Waals surface area (Å²) in [6.07, 6.45) is 3.09. The number of anilines is 2. The Morgan fingerprint density at radius 3 is 2.48 bits per heavy atom. The van der Waals surface area contributed by atoms with E-state index in [0.717, 1.165) is 11.4 Å². The molecule has 2 saturated heterocycles. The monoisotopic (exact) mass is 395 g/mol. The maximum Gasteiger partial charge on any atom is 0.272 e. The van der Waals surface area contributed by atoms with Gasteiger partial charge in [0.15, 0.2) is 5.79 Å². The zero-order chi connectivity index (χ0) is 20.5. The molecule has 6 nitrogen and oxygen atoms in total. The third-order valence-corrected chi connectivity index (χ3v) is 5.62. The van der Waals surface area contributed by atoms with E-state index < -0.39 is 5.79 Å². The van der Waals surface area contributed by atoms with Crippen molar-refractivity contribution in [1.29, 1.82) is 0 Å². The van der Waals surface area contributed by atoms with Crippen molar-refractivity contribution in [3.8, 4) is 0 Å². The van der Waals surface area contributed by atoms with Crippen LogP contribution >= 0.6 is 0 Å². The Morgan fingerprint density at radius 2 is 1.79 bits per heavy atom. The average Bonchev–Trinajstić information content (AvgIpc) is 3.16. The molecule has 2 fully saturated rings. The largest absolute Gasteiger partial charge is 0.355 e. The van der Waals surface area contributed by atoms with E-state index in [9.17, 15) is 4.79 Å². The van der Waals surface area contributed by atoms with Gasteiger partial charge in [-0.1, -0.05) is 39.0 Å². The van der Waals surface area contributed by atoms with Gasteiger partial charge in [-0.05, 0) is 29.2 Å². The van der Waals surface area contributed by atoms with Crippen LogP contribution in [0.25, 0.3) is 0 Å². The number of nitrogens with zero attached hydrogens (tertiary/aromatic N) is 2. The van der Waals surface area contributed by atoms with E-state index in [-0.39, 0.29) is 11.3 Å². The SMILES string of the molecule is CC(C)(C)c1ccccc1Nc1ccnc(C(=O)N2CCC3(CC2)OCCO3)c1. The van der Waals surface area contributed by atoms with Crippen molar-refractivity contribution in [1.82, 2.24) is 9.88 Å². The Bertz CT molecular complexity index is 875. The van der Waals surface area contributed by atoms with E-state index in [1.165, 1.54) is 5.56 Å². The molecule has 154 valence electrons. The minimum Gasteiger partial charge on any atom is -0.355 e. The van der Waals surface area contributed by atoms with Crippen LogP contribution in [0.2, 0.25) is 0 Å². The van der Waals surface area contributed by atoms with E-state index in [1.54, 1.807) is 6.20 Å². The number of pyridine rings is 1. The fourth-order valence-corrected chi connectivity index (χ4v) is 4.03. The lowest BCUT2D eigenvalue weighted by molar-refractivity contribution is -0.181. The summed E-state index contributed by atoms with van der Waals surface area (Å²) in [5.41, 5.74) is 3.59. The first-order valence-electron chi connectivity index (χ1n) is 10.3. The quantitative estimate of drug-likeness (QED) is 0.848. The molecule has 4 rings (SSSR count). The van der Waals surface area contributed by atoms with E-state index >= 15 is 0 Å². The average molecular weight is 396 g/mol. The van der Waals surface area contributed by atoms with Crippen LogP contribution in [0.15, 0.2) is 42.6 Å². The van der Waals surface area contributed by atoms with Crippen LogP contribution in [0.3, 0.4) is 0 Å². The van der Waals surface area contributed by atoms with Gasteiger partial charge in [-0.2, -0.15) is 0 Å². The molecular weight excluding hydrogens is 366 g/mol. The van der Waals surface area contributed by atoms with Gasteiger partial charge in [-0.15, -0.1) is 0 Å². The van der Waals surface area contributed by atoms with Crippen molar-refractivity contribution in [2.24, 2.45) is 0 Å². The Labute approximate surface area is 172 Å². The Hall–Kier alpha value is -2.44. The summed E-state index contributed by atoms with van der Waals surface area (Å²) >= 11 is 0. The molecule has 0 bridgehead atoms. The molecule has 6 heteroatoms. The van der Waals surface area contributed by atoms with Crippen molar-refractivity contribution in [2.45, 2.75) is 44.8 Å². The number of rotatable bonds is 3. The number of hydrogen-bond acceptors (Lipinski definition) is 5. The van der Waals surface area contributed by atoms with Gasteiger partial charge in [-0.3, -0.25) is 9.78 Å². The standard InChI is InChI=1S/C23H29N3O3/c1-22(2,3)18-6-4-5-7-19(18)25-17-8-11-24-20(16-17)21(27)26-12-9-23(10-13-26)28-14-15-29-23/h4-8,11,16H,9-10,12-15H2,1-3H3,(H,24,25). The first-order chi connectivity index (χ1) is 13.9. The number of para-hydroxylation sites is 1. The Balaban J connectivity index is 1.48. The molecule has 3 heterocycles. The summed E-state index contributed by atoms with van der Waals surface area (Å²) in [7, 11) is 0. The van der Waals surface area contributed by atoms with Gasteiger partial charge in [0.1, 0.15) is 5.69 Å². The number of ether oxygens (including phenoxy) is 2. The van der Waals surface area contributed by atoms with Gasteiger partial charge in [0.25, 0.3) is 5.91 Å². The molecule has 0 atom stereocenters. The van der Waals surface area contributed by atoms with Crippen LogP contribution in [0.4, 0.5) is 11.4 Å². The second-order valence-electron chi connectivity index (χ2n) is 8.75. The minimum atomic E-state index is -0.482. The van der Waals surface area contributed by atoms with E-state index in [1.807, 2.05) is 29.2 Å². The number of carbonyl (C=O) groups excluding carboxylic acids is 1. The van der Waals surface area contributed by atoms with E-state index in [4.69, 9.17) is 9.47 Å². The number of hydrogen-bond donors (Lipinski definition) is 1. The molecule has 1 spiro atoms. The molecule has 1 amide bonds. The maximum atomic E-state index is 13.0. The smallest absolute Gasteiger partial charge is 0.272 e. The molecule has 2 aromatic rings. The summed E-state index contributed by atoms with van der Waals surface area (Å²) in [4.78, 5) is 19.1. The highest BCUT2D eigenvalue weighted by molar-refractivity contribution is 5.93. The molecular formula is C23H29N3O3. The highest BCUT2D eigenvalue weighted by Gasteiger charge is 2.41. The van der Waals surface area contributed by atoms with Gasteiger partial charge >= 0.3 is 0 Å². The maximum absolute atomic E-state index is 13.0. The Morgan fingerprint density at radius 1 is 1.10 bits per heavy atom. The number of piperidine rings is 1. The second-order valence-corrected chi connectivity index (χ2v) is 8.75. The molecule has 0 saturated carbocycles. The lowest BCUT2D eigenvalue weighted by Gasteiger charge is -2.37. The van der Waals surface area contributed by atoms with Crippen LogP contribution in [-0.4, -0.2) is 47.9 Å². The lowest BCUT2D eigenvalue weighted by Crippen LogP contribution is -2.47. The molecule has 1 aromatic heterocycles. The molecule has 1 N–H and O–H groups in total. The molecule has 0 unspecified atom stereocenters. The number of nitrogens with one attached hydrogen (secondary N) is 1. The van der Waals surface area contributed by atoms with Crippen LogP contribution < -0.4 is 5.32 Å². The predicted octanol–water partition coefficient (Wildman–Crippen LogP) is 4.10. The van der Waals surface area contributed by atoms with Gasteiger partial charge in [-0.25, -0.2) is 0 Å². The number of likely N-dealkylation sites (tertiary alicyclic amines) is 1. The van der Waals surface area contributed by atoms with Crippen molar-refractivity contribution in [3.63, 3.8) is 0 Å². The van der Waals surface area contributed by atoms with Crippen molar-refractivity contribution in [2.75, 3.05) is 31.6 Å². The number of benzene rings is 1. The zero-order valence-electron chi connectivity index (χ0n) is 17.4. The lowest BCUT2D eigenvalue weighted by atomic mass is 9.86. The molecule has 2 aliphatic heterocycles. The highest BCUT2D eigenvalue weighted by Crippen LogP contribution is 2.33. The molecule has 2 aliphatic rings. The predicted molar refractivity (Wildman–Crippen MR) is 112 cm³/mol. The van der Waals surface area contributed by atoms with E-state index in [2.05, 4.69) is 43.2 Å². The summed E-state index contributed by atoms with van der Waals surface area (Å²) < 4.78 is 11.5. The number of amides is 1. The van der Waals surface area contributed by atoms with Gasteiger partial charge in [0.05, 0.1) is 13.2 Å². The van der Waals surface area contributed by atoms with Crippen molar-refractivity contribution in [3.05, 3.63) is 53.9 Å². The third-order valence-electron chi connectivity index (χ3n) is 5.62. The first-order valence-corrected chi connectivity index (χ1v) is 10.3. The zero-order valence-corrected chi connectivity index (χ0v) is 17.4. The van der Waals surface area contributed by atoms with Gasteiger partial charge in [0, 0.05) is 43.5 Å². The summed E-state index contributed by atoms with van der Waals surface area (Å²) in [6, 6.07) is 12.0. The highest BCUT2D eigenvalue weighted by atomic mass is 16.7. The van der Waals surface area contributed by atoms with Crippen LogP contribution in [0, 0.1) is 0 Å². The van der Waals surface area contributed by atoms with Crippen LogP contribution in [-0.2, 0) is 14.9 Å². The van der Waals surface area contributed by atoms with Crippen LogP contribution in [0.5, 0.6) is 0 Å². The molecule has 0 radical (unpaired) electrons. The number of carbonyl (C=O) groups is 1. The van der Waals surface area contributed by atoms with Crippen LogP contribution in [0.1, 0.15) is 49.7 Å². The van der Waals surface area contributed by atoms with Crippen molar-refractivity contribution >= 4 is 17.3 Å². The fourth-order valence-electron chi connectivity index (χ4n) is 4.03. The summed E-state index contributed by atoms with van der Waals surface area (Å²) in [5.74, 6) is -0.532. The molecule has 1 aromatic carbocycles. The first kappa shape index (κ1) is 19.9. The van der Waals surface area contributed by atoms with Gasteiger partial charge in [0.2, 0.25) is 0 Å². The van der Waals surface area contributed by atoms with E-state index in [0.29, 0.717) is 44.8 Å². The second kappa shape index (κ2) is 7.76.